The number of hydrogen-bond donors (Lipinski definition) is 2. The Kier molecular flexibility index (Phi) is 4.22. The second-order valence-corrected chi connectivity index (χ2v) is 8.57. The van der Waals surface area contributed by atoms with E-state index in [4.69, 9.17) is 4.42 Å². The van der Waals surface area contributed by atoms with Crippen LogP contribution >= 0.6 is 0 Å². The van der Waals surface area contributed by atoms with Gasteiger partial charge >= 0.3 is 0 Å². The van der Waals surface area contributed by atoms with Crippen LogP contribution in [0.2, 0.25) is 0 Å². The second kappa shape index (κ2) is 6.95. The summed E-state index contributed by atoms with van der Waals surface area (Å²) in [5, 5.41) is 14.9. The van der Waals surface area contributed by atoms with Crippen LogP contribution in [0.1, 0.15) is 70.1 Å². The van der Waals surface area contributed by atoms with Gasteiger partial charge in [-0.15, -0.1) is 0 Å². The van der Waals surface area contributed by atoms with E-state index < -0.39 is 35.4 Å². The molecule has 2 N–H and O–H groups in total. The predicted molar refractivity (Wildman–Crippen MR) is 110 cm³/mol. The van der Waals surface area contributed by atoms with Crippen molar-refractivity contribution in [3.05, 3.63) is 70.7 Å². The van der Waals surface area contributed by atoms with Crippen LogP contribution in [0.4, 0.5) is 8.78 Å². The lowest BCUT2D eigenvalue weighted by Gasteiger charge is -2.33. The van der Waals surface area contributed by atoms with Gasteiger partial charge in [-0.2, -0.15) is 5.10 Å². The van der Waals surface area contributed by atoms with Gasteiger partial charge in [0.05, 0.1) is 23.2 Å². The molecular formula is C22H20F2N6O3. The largest absolute Gasteiger partial charge is 0.432 e. The van der Waals surface area contributed by atoms with Gasteiger partial charge in [-0.05, 0) is 37.5 Å². The summed E-state index contributed by atoms with van der Waals surface area (Å²) in [5.74, 6) is -1.52. The molecule has 1 aliphatic heterocycles. The number of hydrogen-bond acceptors (Lipinski definition) is 6. The minimum atomic E-state index is -3.02. The van der Waals surface area contributed by atoms with Crippen LogP contribution < -0.4 is 0 Å². The number of imidazole rings is 1. The number of aryl methyl sites for hydroxylation is 1. The molecule has 4 aromatic heterocycles. The fourth-order valence-corrected chi connectivity index (χ4v) is 4.40. The molecule has 1 saturated carbocycles. The summed E-state index contributed by atoms with van der Waals surface area (Å²) >= 11 is 0. The van der Waals surface area contributed by atoms with E-state index >= 15 is 0 Å². The van der Waals surface area contributed by atoms with Crippen molar-refractivity contribution >= 4 is 11.4 Å². The number of halogens is 2. The molecule has 1 fully saturated rings. The van der Waals surface area contributed by atoms with Gasteiger partial charge in [0.2, 0.25) is 11.7 Å². The van der Waals surface area contributed by atoms with E-state index in [1.165, 1.54) is 4.90 Å². The summed E-state index contributed by atoms with van der Waals surface area (Å²) in [6.07, 6.45) is 1.51. The van der Waals surface area contributed by atoms with Crippen LogP contribution in [-0.4, -0.2) is 47.0 Å². The highest BCUT2D eigenvalue weighted by atomic mass is 19.3. The topological polar surface area (TPSA) is 113 Å². The molecule has 1 atom stereocenters. The van der Waals surface area contributed by atoms with Crippen molar-refractivity contribution in [1.29, 1.82) is 0 Å². The Labute approximate surface area is 186 Å². The van der Waals surface area contributed by atoms with Gasteiger partial charge in [0, 0.05) is 24.9 Å². The second-order valence-electron chi connectivity index (χ2n) is 8.57. The zero-order valence-corrected chi connectivity index (χ0v) is 17.6. The van der Waals surface area contributed by atoms with Crippen LogP contribution in [0.25, 0.3) is 5.52 Å². The van der Waals surface area contributed by atoms with Crippen molar-refractivity contribution in [2.75, 3.05) is 6.54 Å². The first kappa shape index (κ1) is 20.0. The van der Waals surface area contributed by atoms with Gasteiger partial charge in [-0.1, -0.05) is 6.07 Å². The van der Waals surface area contributed by atoms with E-state index in [-0.39, 0.29) is 12.4 Å². The molecule has 0 unspecified atom stereocenters. The number of amides is 1. The molecule has 1 amide bonds. The van der Waals surface area contributed by atoms with Crippen molar-refractivity contribution in [2.45, 2.75) is 44.3 Å². The van der Waals surface area contributed by atoms with Gasteiger partial charge in [0.1, 0.15) is 11.6 Å². The van der Waals surface area contributed by atoms with Crippen molar-refractivity contribution in [1.82, 2.24) is 29.5 Å². The van der Waals surface area contributed by atoms with E-state index in [2.05, 4.69) is 20.1 Å². The number of carbonyl (C=O) groups is 1. The van der Waals surface area contributed by atoms with Gasteiger partial charge in [-0.3, -0.25) is 4.79 Å². The molecule has 1 aliphatic carbocycles. The minimum absolute atomic E-state index is 0.237. The Bertz CT molecular complexity index is 1390. The molecule has 5 heterocycles. The fraction of sp³-hybridized carbons (Fsp3) is 0.364. The molecule has 0 bridgehead atoms. The van der Waals surface area contributed by atoms with E-state index in [0.29, 0.717) is 30.7 Å². The number of oxazole rings is 1. The molecule has 2 aliphatic rings. The van der Waals surface area contributed by atoms with Gasteiger partial charge in [0.15, 0.2) is 5.69 Å². The lowest BCUT2D eigenvalue weighted by Crippen LogP contribution is -2.41. The van der Waals surface area contributed by atoms with E-state index in [9.17, 15) is 18.7 Å². The Morgan fingerprint density at radius 2 is 2.21 bits per heavy atom. The molecule has 33 heavy (non-hydrogen) atoms. The highest BCUT2D eigenvalue weighted by Gasteiger charge is 2.49. The normalized spacial score (nSPS) is 19.3. The number of pyridine rings is 1. The fourth-order valence-electron chi connectivity index (χ4n) is 4.40. The van der Waals surface area contributed by atoms with Crippen molar-refractivity contribution in [3.63, 3.8) is 0 Å². The highest BCUT2D eigenvalue weighted by Crippen LogP contribution is 2.46. The average Bonchev–Trinajstić information content (AvgIpc) is 3.24. The summed E-state index contributed by atoms with van der Waals surface area (Å²) in [6.45, 7) is 2.20. The summed E-state index contributed by atoms with van der Waals surface area (Å²) in [6, 6.07) is 5.00. The number of fused-ring (bicyclic) bond motifs is 2. The Morgan fingerprint density at radius 3 is 2.94 bits per heavy atom. The molecule has 0 aromatic carbocycles. The van der Waals surface area contributed by atoms with E-state index in [1.54, 1.807) is 17.0 Å². The summed E-state index contributed by atoms with van der Waals surface area (Å²) in [7, 11) is 0. The number of aromatic amines is 1. The Hall–Kier alpha value is -3.60. The number of carbonyl (C=O) groups excluding carboxylic acids is 1. The molecule has 0 radical (unpaired) electrons. The quantitative estimate of drug-likeness (QED) is 0.490. The van der Waals surface area contributed by atoms with Crippen LogP contribution in [0, 0.1) is 6.92 Å². The van der Waals surface area contributed by atoms with Gasteiger partial charge < -0.3 is 19.4 Å². The lowest BCUT2D eigenvalue weighted by atomic mass is 9.99. The third-order valence-corrected chi connectivity index (χ3v) is 6.37. The first-order chi connectivity index (χ1) is 15.9. The monoisotopic (exact) mass is 454 g/mol. The smallest absolute Gasteiger partial charge is 0.292 e. The van der Waals surface area contributed by atoms with Crippen LogP contribution in [0.15, 0.2) is 35.1 Å². The number of aromatic nitrogens is 5. The maximum atomic E-state index is 13.8. The van der Waals surface area contributed by atoms with Crippen molar-refractivity contribution in [3.8, 4) is 0 Å². The predicted octanol–water partition coefficient (Wildman–Crippen LogP) is 3.06. The van der Waals surface area contributed by atoms with Crippen molar-refractivity contribution < 1.29 is 23.1 Å². The summed E-state index contributed by atoms with van der Waals surface area (Å²) in [5.41, 5.74) is 1.76. The lowest BCUT2D eigenvalue weighted by molar-refractivity contribution is 0.0624. The first-order valence-electron chi connectivity index (χ1n) is 10.7. The number of rotatable bonds is 4. The van der Waals surface area contributed by atoms with Crippen LogP contribution in [0.5, 0.6) is 0 Å². The Balaban J connectivity index is 1.46. The molecule has 9 nitrogen and oxygen atoms in total. The van der Waals surface area contributed by atoms with E-state index in [0.717, 1.165) is 16.8 Å². The third kappa shape index (κ3) is 3.06. The number of aliphatic hydroxyl groups is 1. The maximum Gasteiger partial charge on any atom is 0.292 e. The number of alkyl halides is 2. The molecule has 4 aromatic rings. The molecule has 0 spiro atoms. The number of H-pyrrole nitrogens is 1. The molecule has 0 saturated heterocycles. The maximum absolute atomic E-state index is 13.8. The molecule has 170 valence electrons. The van der Waals surface area contributed by atoms with E-state index in [1.807, 2.05) is 25.1 Å². The highest BCUT2D eigenvalue weighted by molar-refractivity contribution is 5.93. The molecular weight excluding hydrogens is 434 g/mol. The first-order valence-corrected chi connectivity index (χ1v) is 10.7. The van der Waals surface area contributed by atoms with Crippen LogP contribution in [0.3, 0.4) is 0 Å². The van der Waals surface area contributed by atoms with Crippen molar-refractivity contribution in [2.24, 2.45) is 0 Å². The standard InChI is InChI=1S/C22H20F2N6O3/c1-11-3-2-7-30-14(11)9-13(28-30)17-15-12(25-10-26-15)4-8-29(17)20(31)18-16(19(23)24)27-21(33-18)22(32)5-6-22/h2-3,7,9-10,17,19,32H,4-6,8H2,1H3,(H,25,26)/t17-/m1/s1. The average molecular weight is 454 g/mol. The zero-order valence-electron chi connectivity index (χ0n) is 17.6. The van der Waals surface area contributed by atoms with Crippen LogP contribution in [-0.2, 0) is 12.0 Å². The van der Waals surface area contributed by atoms with Gasteiger partial charge in [0.25, 0.3) is 12.3 Å². The summed E-state index contributed by atoms with van der Waals surface area (Å²) in [4.78, 5) is 26.3. The number of nitrogens with one attached hydrogen (secondary N) is 1. The summed E-state index contributed by atoms with van der Waals surface area (Å²) < 4.78 is 34.7. The zero-order chi connectivity index (χ0) is 22.9. The van der Waals surface area contributed by atoms with Gasteiger partial charge in [-0.25, -0.2) is 23.3 Å². The Morgan fingerprint density at radius 1 is 1.39 bits per heavy atom. The SMILES string of the molecule is Cc1cccn2nc([C@@H]3c4nc[nH]c4CCN3C(=O)c3oc(C4(O)CC4)nc3C(F)F)cc12. The minimum Gasteiger partial charge on any atom is -0.432 e. The number of nitrogens with zero attached hydrogens (tertiary/aromatic N) is 5. The molecule has 11 heteroatoms. The third-order valence-electron chi connectivity index (χ3n) is 6.37. The molecule has 6 rings (SSSR count).